The van der Waals surface area contributed by atoms with Crippen molar-refractivity contribution in [2.45, 2.75) is 57.3 Å². The monoisotopic (exact) mass is 283 g/mol. The lowest BCUT2D eigenvalue weighted by atomic mass is 10.1. The Kier molecular flexibility index (Phi) is 7.10. The zero-order valence-corrected chi connectivity index (χ0v) is 12.8. The second kappa shape index (κ2) is 8.33. The molecule has 3 nitrogen and oxygen atoms in total. The van der Waals surface area contributed by atoms with Crippen LogP contribution < -0.4 is 4.72 Å². The average molecular weight is 283 g/mol. The van der Waals surface area contributed by atoms with E-state index in [1.165, 1.54) is 5.56 Å². The molecule has 0 unspecified atom stereocenters. The molecule has 0 radical (unpaired) electrons. The highest BCUT2D eigenvalue weighted by molar-refractivity contribution is 7.89. The van der Waals surface area contributed by atoms with E-state index in [0.29, 0.717) is 11.4 Å². The minimum absolute atomic E-state index is 0.365. The van der Waals surface area contributed by atoms with Gasteiger partial charge in [0.25, 0.3) is 0 Å². The van der Waals surface area contributed by atoms with Gasteiger partial charge in [0.2, 0.25) is 10.0 Å². The minimum Gasteiger partial charge on any atom is -0.211 e. The molecule has 0 atom stereocenters. The summed E-state index contributed by atoms with van der Waals surface area (Å²) >= 11 is 0. The third-order valence-electron chi connectivity index (χ3n) is 3.13. The van der Waals surface area contributed by atoms with Crippen molar-refractivity contribution in [3.8, 4) is 0 Å². The molecule has 0 saturated carbocycles. The van der Waals surface area contributed by atoms with E-state index in [4.69, 9.17) is 0 Å². The van der Waals surface area contributed by atoms with E-state index in [-0.39, 0.29) is 0 Å². The van der Waals surface area contributed by atoms with Crippen LogP contribution in [0.3, 0.4) is 0 Å². The largest absolute Gasteiger partial charge is 0.240 e. The van der Waals surface area contributed by atoms with Crippen molar-refractivity contribution in [2.75, 3.05) is 6.54 Å². The number of nitrogens with one attached hydrogen (secondary N) is 1. The van der Waals surface area contributed by atoms with Gasteiger partial charge in [0.05, 0.1) is 4.90 Å². The number of aryl methyl sites for hydroxylation is 1. The van der Waals surface area contributed by atoms with Gasteiger partial charge < -0.3 is 0 Å². The molecule has 0 aliphatic heterocycles. The SMILES string of the molecule is CCCCCNS(=O)(=O)c1ccc(CCCC)cc1. The Labute approximate surface area is 117 Å². The van der Waals surface area contributed by atoms with Crippen LogP contribution in [-0.2, 0) is 16.4 Å². The van der Waals surface area contributed by atoms with Gasteiger partial charge in [0, 0.05) is 6.54 Å². The standard InChI is InChI=1S/C15H25NO2S/c1-3-5-7-13-16-19(17,18)15-11-9-14(10-12-15)8-6-4-2/h9-12,16H,3-8,13H2,1-2H3. The Morgan fingerprint density at radius 3 is 2.16 bits per heavy atom. The van der Waals surface area contributed by atoms with Crippen LogP contribution in [0.25, 0.3) is 0 Å². The first-order chi connectivity index (χ1) is 9.10. The topological polar surface area (TPSA) is 46.2 Å². The van der Waals surface area contributed by atoms with Gasteiger partial charge in [0.1, 0.15) is 0 Å². The lowest BCUT2D eigenvalue weighted by molar-refractivity contribution is 0.576. The molecule has 1 N–H and O–H groups in total. The Hall–Kier alpha value is -0.870. The summed E-state index contributed by atoms with van der Waals surface area (Å²) in [4.78, 5) is 0.365. The van der Waals surface area contributed by atoms with Crippen molar-refractivity contribution in [1.82, 2.24) is 4.72 Å². The van der Waals surface area contributed by atoms with E-state index < -0.39 is 10.0 Å². The molecule has 0 fully saturated rings. The zero-order chi connectivity index (χ0) is 14.1. The van der Waals surface area contributed by atoms with Crippen LogP contribution in [0, 0.1) is 0 Å². The molecule has 1 aromatic rings. The number of hydrogen-bond acceptors (Lipinski definition) is 2. The van der Waals surface area contributed by atoms with Crippen molar-refractivity contribution in [3.05, 3.63) is 29.8 Å². The zero-order valence-electron chi connectivity index (χ0n) is 12.0. The maximum absolute atomic E-state index is 12.0. The first-order valence-electron chi connectivity index (χ1n) is 7.18. The summed E-state index contributed by atoms with van der Waals surface area (Å²) in [5, 5.41) is 0. The summed E-state index contributed by atoms with van der Waals surface area (Å²) in [7, 11) is -3.33. The van der Waals surface area contributed by atoms with Crippen LogP contribution in [0.4, 0.5) is 0 Å². The van der Waals surface area contributed by atoms with Gasteiger partial charge >= 0.3 is 0 Å². The molecule has 0 spiro atoms. The Balaban J connectivity index is 2.58. The maximum atomic E-state index is 12.0. The third-order valence-corrected chi connectivity index (χ3v) is 4.60. The lowest BCUT2D eigenvalue weighted by Gasteiger charge is -2.07. The second-order valence-electron chi connectivity index (χ2n) is 4.85. The molecule has 19 heavy (non-hydrogen) atoms. The Morgan fingerprint density at radius 2 is 1.58 bits per heavy atom. The molecule has 1 rings (SSSR count). The van der Waals surface area contributed by atoms with E-state index in [9.17, 15) is 8.42 Å². The van der Waals surface area contributed by atoms with Gasteiger partial charge in [-0.25, -0.2) is 13.1 Å². The fourth-order valence-corrected chi connectivity index (χ4v) is 2.96. The molecule has 0 aliphatic rings. The molecule has 0 amide bonds. The summed E-state index contributed by atoms with van der Waals surface area (Å²) < 4.78 is 26.7. The molecule has 0 aromatic heterocycles. The maximum Gasteiger partial charge on any atom is 0.240 e. The highest BCUT2D eigenvalue weighted by atomic mass is 32.2. The molecule has 4 heteroatoms. The molecule has 0 saturated heterocycles. The van der Waals surface area contributed by atoms with Crippen LogP contribution in [0.5, 0.6) is 0 Å². The Morgan fingerprint density at radius 1 is 0.947 bits per heavy atom. The molecule has 108 valence electrons. The van der Waals surface area contributed by atoms with Crippen molar-refractivity contribution in [2.24, 2.45) is 0 Å². The Bertz CT molecular complexity index is 452. The van der Waals surface area contributed by atoms with Crippen molar-refractivity contribution >= 4 is 10.0 Å². The van der Waals surface area contributed by atoms with Crippen LogP contribution in [0.2, 0.25) is 0 Å². The quantitative estimate of drug-likeness (QED) is 0.705. The number of unbranched alkanes of at least 4 members (excludes halogenated alkanes) is 3. The van der Waals surface area contributed by atoms with Crippen LogP contribution >= 0.6 is 0 Å². The van der Waals surface area contributed by atoms with Crippen LogP contribution in [-0.4, -0.2) is 15.0 Å². The molecule has 0 heterocycles. The summed E-state index contributed by atoms with van der Waals surface area (Å²) in [5.41, 5.74) is 1.20. The number of benzene rings is 1. The normalized spacial score (nSPS) is 11.7. The summed E-state index contributed by atoms with van der Waals surface area (Å²) in [6.07, 6.45) is 6.35. The number of rotatable bonds is 9. The van der Waals surface area contributed by atoms with Gasteiger partial charge in [-0.1, -0.05) is 45.2 Å². The van der Waals surface area contributed by atoms with E-state index in [2.05, 4.69) is 18.6 Å². The average Bonchev–Trinajstić information content (AvgIpc) is 2.42. The van der Waals surface area contributed by atoms with Gasteiger partial charge in [-0.2, -0.15) is 0 Å². The number of hydrogen-bond donors (Lipinski definition) is 1. The predicted molar refractivity (Wildman–Crippen MR) is 79.8 cm³/mol. The van der Waals surface area contributed by atoms with E-state index >= 15 is 0 Å². The fraction of sp³-hybridized carbons (Fsp3) is 0.600. The molecular weight excluding hydrogens is 258 g/mol. The minimum atomic E-state index is -3.33. The summed E-state index contributed by atoms with van der Waals surface area (Å²) in [6.45, 7) is 4.77. The number of sulfonamides is 1. The molecule has 0 bridgehead atoms. The van der Waals surface area contributed by atoms with Gasteiger partial charge in [0.15, 0.2) is 0 Å². The lowest BCUT2D eigenvalue weighted by Crippen LogP contribution is -2.24. The highest BCUT2D eigenvalue weighted by Crippen LogP contribution is 2.12. The molecule has 0 aliphatic carbocycles. The van der Waals surface area contributed by atoms with Gasteiger partial charge in [-0.15, -0.1) is 0 Å². The molecular formula is C15H25NO2S. The fourth-order valence-electron chi connectivity index (χ4n) is 1.88. The van der Waals surface area contributed by atoms with Gasteiger partial charge in [-0.3, -0.25) is 0 Å². The van der Waals surface area contributed by atoms with Crippen LogP contribution in [0.1, 0.15) is 51.5 Å². The highest BCUT2D eigenvalue weighted by Gasteiger charge is 2.12. The van der Waals surface area contributed by atoms with Crippen molar-refractivity contribution in [3.63, 3.8) is 0 Å². The predicted octanol–water partition coefficient (Wildman–Crippen LogP) is 3.50. The summed E-state index contributed by atoms with van der Waals surface area (Å²) in [6, 6.07) is 7.23. The van der Waals surface area contributed by atoms with Crippen LogP contribution in [0.15, 0.2) is 29.2 Å². The van der Waals surface area contributed by atoms with Crippen molar-refractivity contribution in [1.29, 1.82) is 0 Å². The van der Waals surface area contributed by atoms with Gasteiger partial charge in [-0.05, 0) is 37.0 Å². The van der Waals surface area contributed by atoms with Crippen molar-refractivity contribution < 1.29 is 8.42 Å². The first-order valence-corrected chi connectivity index (χ1v) is 8.67. The summed E-state index contributed by atoms with van der Waals surface area (Å²) in [5.74, 6) is 0. The van der Waals surface area contributed by atoms with E-state index in [0.717, 1.165) is 38.5 Å². The molecule has 1 aromatic carbocycles. The first kappa shape index (κ1) is 16.2. The van der Waals surface area contributed by atoms with E-state index in [1.54, 1.807) is 12.1 Å². The third kappa shape index (κ3) is 5.74. The van der Waals surface area contributed by atoms with E-state index in [1.807, 2.05) is 12.1 Å². The second-order valence-corrected chi connectivity index (χ2v) is 6.62. The smallest absolute Gasteiger partial charge is 0.211 e.